The van der Waals surface area contributed by atoms with E-state index in [1.807, 2.05) is 56.3 Å². The van der Waals surface area contributed by atoms with Crippen molar-refractivity contribution in [2.45, 2.75) is 52.5 Å². The zero-order chi connectivity index (χ0) is 35.1. The largest absolute Gasteiger partial charge is 0.457 e. The van der Waals surface area contributed by atoms with E-state index in [-0.39, 0.29) is 17.9 Å². The molecule has 0 fully saturated rings. The molecule has 0 saturated heterocycles. The lowest BCUT2D eigenvalue weighted by Gasteiger charge is -2.17. The highest BCUT2D eigenvalue weighted by atomic mass is 16.5. The number of fused-ring (bicyclic) bond motifs is 2. The third-order valence-corrected chi connectivity index (χ3v) is 9.25. The molecule has 8 heteroatoms. The van der Waals surface area contributed by atoms with Crippen molar-refractivity contribution >= 4 is 29.3 Å². The van der Waals surface area contributed by atoms with Crippen molar-refractivity contribution in [3.8, 4) is 23.0 Å². The number of hydrogen-bond acceptors (Lipinski definition) is 6. The van der Waals surface area contributed by atoms with E-state index in [0.717, 1.165) is 28.2 Å². The molecule has 0 saturated carbocycles. The van der Waals surface area contributed by atoms with Crippen LogP contribution in [0.25, 0.3) is 0 Å². The number of carbonyl (C=O) groups is 4. The van der Waals surface area contributed by atoms with Crippen LogP contribution in [0, 0.1) is 0 Å². The molecule has 50 heavy (non-hydrogen) atoms. The Kier molecular flexibility index (Phi) is 8.53. The Balaban J connectivity index is 1.07. The number of ether oxygens (including phenoxy) is 2. The van der Waals surface area contributed by atoms with Crippen molar-refractivity contribution < 1.29 is 28.7 Å². The van der Waals surface area contributed by atoms with Gasteiger partial charge in [0.15, 0.2) is 0 Å². The lowest BCUT2D eigenvalue weighted by molar-refractivity contribution is 0.0608. The molecule has 1 atom stereocenters. The number of benzene rings is 5. The molecule has 0 aliphatic carbocycles. The molecule has 0 spiro atoms. The number of rotatable bonds is 10. The number of imide groups is 2. The Bertz CT molecular complexity index is 2190. The van der Waals surface area contributed by atoms with Gasteiger partial charge in [0, 0.05) is 18.2 Å². The van der Waals surface area contributed by atoms with Gasteiger partial charge in [-0.2, -0.15) is 0 Å². The van der Waals surface area contributed by atoms with Crippen LogP contribution in [-0.2, 0) is 6.42 Å². The van der Waals surface area contributed by atoms with E-state index in [4.69, 9.17) is 9.47 Å². The normalized spacial score (nSPS) is 14.3. The second kappa shape index (κ2) is 13.1. The van der Waals surface area contributed by atoms with Gasteiger partial charge in [0.2, 0.25) is 0 Å². The third kappa shape index (κ3) is 6.05. The van der Waals surface area contributed by atoms with Crippen LogP contribution in [0.4, 0.5) is 5.69 Å². The van der Waals surface area contributed by atoms with Crippen LogP contribution < -0.4 is 14.4 Å². The summed E-state index contributed by atoms with van der Waals surface area (Å²) in [5, 5.41) is 0. The standard InChI is InChI=1S/C42H36N2O6/c1-5-26(4)29-9-6-11-31(22-29)49-33-13-8-14-34(24-33)50-32-12-7-10-30(23-32)44-40(46)36-18-16-28(21-38(36)42(44)48)19-27-15-17-35-37(20-27)41(47)43(25(2)3)39(35)45/h6-18,20-26H,5,19H2,1-4H3. The Hall–Kier alpha value is -6.02. The minimum atomic E-state index is -0.429. The first-order valence-corrected chi connectivity index (χ1v) is 16.8. The molecule has 1 unspecified atom stereocenters. The summed E-state index contributed by atoms with van der Waals surface area (Å²) in [6.45, 7) is 7.96. The van der Waals surface area contributed by atoms with Crippen molar-refractivity contribution in [1.29, 1.82) is 0 Å². The van der Waals surface area contributed by atoms with Crippen molar-refractivity contribution in [2.75, 3.05) is 4.90 Å². The molecule has 0 aromatic heterocycles. The van der Waals surface area contributed by atoms with Gasteiger partial charge in [-0.05, 0) is 110 Å². The van der Waals surface area contributed by atoms with Crippen molar-refractivity contribution in [1.82, 2.24) is 4.90 Å². The maximum absolute atomic E-state index is 13.7. The summed E-state index contributed by atoms with van der Waals surface area (Å²) in [6.07, 6.45) is 1.45. The fourth-order valence-corrected chi connectivity index (χ4v) is 6.43. The van der Waals surface area contributed by atoms with Crippen LogP contribution in [0.3, 0.4) is 0 Å². The maximum Gasteiger partial charge on any atom is 0.266 e. The van der Waals surface area contributed by atoms with Crippen molar-refractivity contribution in [3.63, 3.8) is 0 Å². The Labute approximate surface area is 290 Å². The van der Waals surface area contributed by atoms with Gasteiger partial charge in [-0.3, -0.25) is 24.1 Å². The van der Waals surface area contributed by atoms with E-state index in [2.05, 4.69) is 26.0 Å². The lowest BCUT2D eigenvalue weighted by atomic mass is 9.98. The SMILES string of the molecule is CCC(C)c1cccc(Oc2cccc(Oc3cccc(N4C(=O)c5ccc(Cc6ccc7c(c6)C(=O)N(C(C)C)C7=O)cc5C4=O)c3)c2)c1. The smallest absolute Gasteiger partial charge is 0.266 e. The fourth-order valence-electron chi connectivity index (χ4n) is 6.43. The number of hydrogen-bond donors (Lipinski definition) is 0. The molecule has 250 valence electrons. The summed E-state index contributed by atoms with van der Waals surface area (Å²) in [5.74, 6) is 1.35. The van der Waals surface area contributed by atoms with Gasteiger partial charge in [-0.25, -0.2) is 4.90 Å². The van der Waals surface area contributed by atoms with Crippen LogP contribution in [0.5, 0.6) is 23.0 Å². The first kappa shape index (κ1) is 32.5. The van der Waals surface area contributed by atoms with E-state index in [0.29, 0.717) is 57.5 Å². The molecule has 2 aliphatic heterocycles. The van der Waals surface area contributed by atoms with Crippen LogP contribution in [-0.4, -0.2) is 34.6 Å². The van der Waals surface area contributed by atoms with E-state index < -0.39 is 11.8 Å². The predicted molar refractivity (Wildman–Crippen MR) is 191 cm³/mol. The summed E-state index contributed by atoms with van der Waals surface area (Å²) in [5.41, 5.74) is 4.63. The molecule has 0 radical (unpaired) electrons. The molecule has 5 aromatic carbocycles. The topological polar surface area (TPSA) is 93.2 Å². The van der Waals surface area contributed by atoms with Gasteiger partial charge < -0.3 is 9.47 Å². The van der Waals surface area contributed by atoms with Gasteiger partial charge in [0.25, 0.3) is 23.6 Å². The average Bonchev–Trinajstić information content (AvgIpc) is 3.51. The van der Waals surface area contributed by atoms with Crippen LogP contribution in [0.15, 0.2) is 109 Å². The van der Waals surface area contributed by atoms with Crippen molar-refractivity contribution in [2.24, 2.45) is 0 Å². The molecule has 2 heterocycles. The maximum atomic E-state index is 13.7. The molecule has 0 bridgehead atoms. The molecular formula is C42H36N2O6. The number of nitrogens with zero attached hydrogens (tertiary/aromatic N) is 2. The molecule has 4 amide bonds. The van der Waals surface area contributed by atoms with E-state index in [1.54, 1.807) is 54.6 Å². The van der Waals surface area contributed by atoms with Crippen LogP contribution in [0.2, 0.25) is 0 Å². The minimum Gasteiger partial charge on any atom is -0.457 e. The summed E-state index contributed by atoms with van der Waals surface area (Å²) >= 11 is 0. The number of anilines is 1. The summed E-state index contributed by atoms with van der Waals surface area (Å²) in [4.78, 5) is 55.2. The highest BCUT2D eigenvalue weighted by molar-refractivity contribution is 6.34. The number of amides is 4. The second-order valence-electron chi connectivity index (χ2n) is 13.0. The predicted octanol–water partition coefficient (Wildman–Crippen LogP) is 9.18. The minimum absolute atomic E-state index is 0.241. The molecule has 5 aromatic rings. The average molecular weight is 665 g/mol. The summed E-state index contributed by atoms with van der Waals surface area (Å²) in [7, 11) is 0. The molecule has 8 nitrogen and oxygen atoms in total. The van der Waals surface area contributed by atoms with E-state index in [1.165, 1.54) is 10.5 Å². The van der Waals surface area contributed by atoms with Crippen LogP contribution in [0.1, 0.15) is 98.2 Å². The van der Waals surface area contributed by atoms with Gasteiger partial charge in [0.05, 0.1) is 27.9 Å². The summed E-state index contributed by atoms with van der Waals surface area (Å²) < 4.78 is 12.3. The Morgan fingerprint density at radius 3 is 1.66 bits per heavy atom. The van der Waals surface area contributed by atoms with Gasteiger partial charge in [-0.15, -0.1) is 0 Å². The first-order chi connectivity index (χ1) is 24.1. The zero-order valence-corrected chi connectivity index (χ0v) is 28.3. The van der Waals surface area contributed by atoms with Crippen molar-refractivity contribution in [3.05, 3.63) is 148 Å². The monoisotopic (exact) mass is 664 g/mol. The van der Waals surface area contributed by atoms with Gasteiger partial charge in [0.1, 0.15) is 23.0 Å². The highest BCUT2D eigenvalue weighted by Gasteiger charge is 2.38. The first-order valence-electron chi connectivity index (χ1n) is 16.8. The quantitative estimate of drug-likeness (QED) is 0.138. The van der Waals surface area contributed by atoms with Gasteiger partial charge in [-0.1, -0.05) is 50.2 Å². The Morgan fingerprint density at radius 2 is 1.04 bits per heavy atom. The van der Waals surface area contributed by atoms with Crippen LogP contribution >= 0.6 is 0 Å². The Morgan fingerprint density at radius 1 is 0.540 bits per heavy atom. The second-order valence-corrected chi connectivity index (χ2v) is 13.0. The molecule has 0 N–H and O–H groups in total. The molecule has 2 aliphatic rings. The summed E-state index contributed by atoms with van der Waals surface area (Å²) in [6, 6.07) is 32.4. The zero-order valence-electron chi connectivity index (χ0n) is 28.3. The third-order valence-electron chi connectivity index (χ3n) is 9.25. The fraction of sp³-hybridized carbons (Fsp3) is 0.190. The van der Waals surface area contributed by atoms with Gasteiger partial charge >= 0.3 is 0 Å². The van der Waals surface area contributed by atoms with E-state index in [9.17, 15) is 19.2 Å². The van der Waals surface area contributed by atoms with E-state index >= 15 is 0 Å². The molecule has 7 rings (SSSR count). The molecular weight excluding hydrogens is 628 g/mol. The lowest BCUT2D eigenvalue weighted by Crippen LogP contribution is -2.35. The highest BCUT2D eigenvalue weighted by Crippen LogP contribution is 2.35. The number of carbonyl (C=O) groups excluding carboxylic acids is 4.